The number of urea groups is 1. The van der Waals surface area contributed by atoms with E-state index in [1.54, 1.807) is 11.9 Å². The van der Waals surface area contributed by atoms with Crippen molar-refractivity contribution in [2.45, 2.75) is 18.9 Å². The Morgan fingerprint density at radius 1 is 1.23 bits per heavy atom. The van der Waals surface area contributed by atoms with Crippen LogP contribution in [0.15, 0.2) is 42.5 Å². The summed E-state index contributed by atoms with van der Waals surface area (Å²) in [4.78, 5) is 13.9. The fourth-order valence-electron chi connectivity index (χ4n) is 2.87. The fraction of sp³-hybridized carbons (Fsp3) is 0.235. The van der Waals surface area contributed by atoms with Gasteiger partial charge in [-0.1, -0.05) is 24.3 Å². The Balaban J connectivity index is 1.76. The molecule has 1 aliphatic carbocycles. The van der Waals surface area contributed by atoms with Crippen LogP contribution in [-0.2, 0) is 6.42 Å². The molecule has 0 saturated carbocycles. The van der Waals surface area contributed by atoms with Gasteiger partial charge in [-0.2, -0.15) is 0 Å². The van der Waals surface area contributed by atoms with Crippen molar-refractivity contribution < 1.29 is 13.6 Å². The molecule has 0 aromatic heterocycles. The Labute approximate surface area is 127 Å². The highest BCUT2D eigenvalue weighted by molar-refractivity contribution is 5.89. The first-order chi connectivity index (χ1) is 10.6. The van der Waals surface area contributed by atoms with Crippen LogP contribution in [0.2, 0.25) is 0 Å². The second kappa shape index (κ2) is 5.75. The van der Waals surface area contributed by atoms with Crippen LogP contribution >= 0.6 is 0 Å². The summed E-state index contributed by atoms with van der Waals surface area (Å²) in [6, 6.07) is 10.6. The molecule has 2 aromatic carbocycles. The molecule has 0 spiro atoms. The van der Waals surface area contributed by atoms with Gasteiger partial charge in [0, 0.05) is 13.1 Å². The largest absolute Gasteiger partial charge is 0.322 e. The van der Waals surface area contributed by atoms with E-state index in [-0.39, 0.29) is 11.7 Å². The standard InChI is InChI=1S/C17H16F2N2O/c1-21(16-9-6-11-4-2-3-5-13(11)16)17(22)20-15-8-7-12(18)10-14(15)19/h2-5,7-8,10,16H,6,9H2,1H3,(H,20,22). The van der Waals surface area contributed by atoms with Gasteiger partial charge < -0.3 is 10.2 Å². The van der Waals surface area contributed by atoms with Gasteiger partial charge in [0.2, 0.25) is 0 Å². The minimum Gasteiger partial charge on any atom is -0.321 e. The van der Waals surface area contributed by atoms with Crippen molar-refractivity contribution in [1.29, 1.82) is 0 Å². The molecule has 3 rings (SSSR count). The minimum atomic E-state index is -0.784. The van der Waals surface area contributed by atoms with Crippen molar-refractivity contribution in [1.82, 2.24) is 4.90 Å². The number of aryl methyl sites for hydroxylation is 1. The molecule has 1 unspecified atom stereocenters. The number of hydrogen-bond acceptors (Lipinski definition) is 1. The molecule has 0 fully saturated rings. The van der Waals surface area contributed by atoms with Crippen molar-refractivity contribution in [2.24, 2.45) is 0 Å². The number of carbonyl (C=O) groups is 1. The van der Waals surface area contributed by atoms with Gasteiger partial charge in [-0.05, 0) is 36.1 Å². The molecule has 0 bridgehead atoms. The topological polar surface area (TPSA) is 32.3 Å². The van der Waals surface area contributed by atoms with E-state index >= 15 is 0 Å². The van der Waals surface area contributed by atoms with Crippen LogP contribution in [0.3, 0.4) is 0 Å². The van der Waals surface area contributed by atoms with Crippen LogP contribution in [0.25, 0.3) is 0 Å². The van der Waals surface area contributed by atoms with Crippen molar-refractivity contribution in [3.05, 3.63) is 65.2 Å². The molecule has 0 saturated heterocycles. The molecule has 114 valence electrons. The molecule has 0 radical (unpaired) electrons. The number of nitrogens with one attached hydrogen (secondary N) is 1. The second-order valence-electron chi connectivity index (χ2n) is 5.42. The second-order valence-corrected chi connectivity index (χ2v) is 5.42. The maximum Gasteiger partial charge on any atom is 0.322 e. The number of benzene rings is 2. The van der Waals surface area contributed by atoms with Gasteiger partial charge in [-0.3, -0.25) is 0 Å². The molecule has 1 aliphatic rings. The van der Waals surface area contributed by atoms with E-state index in [4.69, 9.17) is 0 Å². The van der Waals surface area contributed by atoms with E-state index < -0.39 is 17.7 Å². The normalized spacial score (nSPS) is 16.2. The molecular weight excluding hydrogens is 286 g/mol. The number of hydrogen-bond donors (Lipinski definition) is 1. The Hall–Kier alpha value is -2.43. The van der Waals surface area contributed by atoms with Gasteiger partial charge in [-0.25, -0.2) is 13.6 Å². The van der Waals surface area contributed by atoms with E-state index in [0.29, 0.717) is 0 Å². The molecule has 1 atom stereocenters. The quantitative estimate of drug-likeness (QED) is 0.889. The van der Waals surface area contributed by atoms with Gasteiger partial charge >= 0.3 is 6.03 Å². The summed E-state index contributed by atoms with van der Waals surface area (Å²) in [7, 11) is 1.68. The Morgan fingerprint density at radius 3 is 2.77 bits per heavy atom. The van der Waals surface area contributed by atoms with Crippen molar-refractivity contribution in [2.75, 3.05) is 12.4 Å². The SMILES string of the molecule is CN(C(=O)Nc1ccc(F)cc1F)C1CCc2ccccc21. The smallest absolute Gasteiger partial charge is 0.321 e. The van der Waals surface area contributed by atoms with E-state index in [1.807, 2.05) is 18.2 Å². The summed E-state index contributed by atoms with van der Waals surface area (Å²) in [6.45, 7) is 0. The number of anilines is 1. The summed E-state index contributed by atoms with van der Waals surface area (Å²) >= 11 is 0. The lowest BCUT2D eigenvalue weighted by Gasteiger charge is -2.25. The first-order valence-corrected chi connectivity index (χ1v) is 7.13. The van der Waals surface area contributed by atoms with E-state index in [2.05, 4.69) is 11.4 Å². The summed E-state index contributed by atoms with van der Waals surface area (Å²) in [5, 5.41) is 2.49. The minimum absolute atomic E-state index is 0.0236. The van der Waals surface area contributed by atoms with Crippen LogP contribution in [0.1, 0.15) is 23.6 Å². The molecule has 0 aliphatic heterocycles. The number of nitrogens with zero attached hydrogens (tertiary/aromatic N) is 1. The van der Waals surface area contributed by atoms with E-state index in [9.17, 15) is 13.6 Å². The zero-order chi connectivity index (χ0) is 15.7. The summed E-state index contributed by atoms with van der Waals surface area (Å²) < 4.78 is 26.5. The number of rotatable bonds is 2. The van der Waals surface area contributed by atoms with Gasteiger partial charge in [0.15, 0.2) is 0 Å². The number of halogens is 2. The summed E-state index contributed by atoms with van der Waals surface area (Å²) in [6.07, 6.45) is 1.76. The Kier molecular flexibility index (Phi) is 3.79. The van der Waals surface area contributed by atoms with Crippen LogP contribution < -0.4 is 5.32 Å². The highest BCUT2D eigenvalue weighted by Gasteiger charge is 2.28. The number of carbonyl (C=O) groups excluding carboxylic acids is 1. The number of fused-ring (bicyclic) bond motifs is 1. The Morgan fingerprint density at radius 2 is 2.00 bits per heavy atom. The van der Waals surface area contributed by atoms with Crippen LogP contribution in [0.4, 0.5) is 19.3 Å². The maximum atomic E-state index is 13.6. The van der Waals surface area contributed by atoms with Crippen LogP contribution in [0.5, 0.6) is 0 Å². The lowest BCUT2D eigenvalue weighted by molar-refractivity contribution is 0.204. The third-order valence-corrected chi connectivity index (χ3v) is 4.06. The van der Waals surface area contributed by atoms with Gasteiger partial charge in [-0.15, -0.1) is 0 Å². The number of amides is 2. The first-order valence-electron chi connectivity index (χ1n) is 7.13. The Bertz CT molecular complexity index is 718. The predicted octanol–water partition coefficient (Wildman–Crippen LogP) is 4.12. The molecular formula is C17H16F2N2O. The predicted molar refractivity (Wildman–Crippen MR) is 80.6 cm³/mol. The maximum absolute atomic E-state index is 13.6. The third-order valence-electron chi connectivity index (χ3n) is 4.06. The summed E-state index contributed by atoms with van der Waals surface area (Å²) in [5.74, 6) is -1.46. The first kappa shape index (κ1) is 14.5. The highest BCUT2D eigenvalue weighted by Crippen LogP contribution is 2.35. The molecule has 1 N–H and O–H groups in total. The molecule has 2 aromatic rings. The zero-order valence-electron chi connectivity index (χ0n) is 12.1. The van der Waals surface area contributed by atoms with E-state index in [0.717, 1.165) is 30.5 Å². The van der Waals surface area contributed by atoms with Gasteiger partial charge in [0.1, 0.15) is 11.6 Å². The molecule has 3 nitrogen and oxygen atoms in total. The third kappa shape index (κ3) is 2.66. The zero-order valence-corrected chi connectivity index (χ0v) is 12.1. The average molecular weight is 302 g/mol. The summed E-state index contributed by atoms with van der Waals surface area (Å²) in [5.41, 5.74) is 2.34. The van der Waals surface area contributed by atoms with Crippen LogP contribution in [0, 0.1) is 11.6 Å². The highest BCUT2D eigenvalue weighted by atomic mass is 19.1. The average Bonchev–Trinajstić information content (AvgIpc) is 2.93. The van der Waals surface area contributed by atoms with Gasteiger partial charge in [0.05, 0.1) is 11.7 Å². The molecule has 2 amide bonds. The lowest BCUT2D eigenvalue weighted by Crippen LogP contribution is -2.34. The molecule has 0 heterocycles. The lowest BCUT2D eigenvalue weighted by atomic mass is 10.1. The fourth-order valence-corrected chi connectivity index (χ4v) is 2.87. The van der Waals surface area contributed by atoms with Crippen molar-refractivity contribution >= 4 is 11.7 Å². The molecule has 5 heteroatoms. The van der Waals surface area contributed by atoms with E-state index in [1.165, 1.54) is 11.6 Å². The molecule has 22 heavy (non-hydrogen) atoms. The van der Waals surface area contributed by atoms with Crippen molar-refractivity contribution in [3.63, 3.8) is 0 Å². The van der Waals surface area contributed by atoms with Crippen LogP contribution in [-0.4, -0.2) is 18.0 Å². The van der Waals surface area contributed by atoms with Crippen molar-refractivity contribution in [3.8, 4) is 0 Å². The van der Waals surface area contributed by atoms with Gasteiger partial charge in [0.25, 0.3) is 0 Å². The monoisotopic (exact) mass is 302 g/mol.